The molecule has 1 aliphatic rings. The van der Waals surface area contributed by atoms with Gasteiger partial charge < -0.3 is 9.84 Å². The van der Waals surface area contributed by atoms with E-state index in [4.69, 9.17) is 9.84 Å². The lowest BCUT2D eigenvalue weighted by Gasteiger charge is -2.31. The van der Waals surface area contributed by atoms with Crippen LogP contribution in [-0.2, 0) is 16.1 Å². The number of ether oxygens (including phenoxy) is 1. The molecule has 0 spiro atoms. The molecule has 1 N–H and O–H groups in total. The monoisotopic (exact) mass is 347 g/mol. The average Bonchev–Trinajstić information content (AvgIpc) is 2.67. The number of rotatable bonds is 5. The van der Waals surface area contributed by atoms with Gasteiger partial charge in [-0.3, -0.25) is 4.90 Å². The van der Waals surface area contributed by atoms with Crippen molar-refractivity contribution in [2.45, 2.75) is 32.4 Å². The van der Waals surface area contributed by atoms with Crippen molar-refractivity contribution in [3.8, 4) is 0 Å². The van der Waals surface area contributed by atoms with E-state index in [0.717, 1.165) is 32.5 Å². The first-order valence-corrected chi connectivity index (χ1v) is 7.96. The quantitative estimate of drug-likeness (QED) is 0.889. The van der Waals surface area contributed by atoms with E-state index < -0.39 is 5.97 Å². The number of carboxylic acids is 1. The molecule has 0 aromatic carbocycles. The van der Waals surface area contributed by atoms with E-state index in [2.05, 4.69) is 33.8 Å². The minimum atomic E-state index is -0.888. The van der Waals surface area contributed by atoms with Gasteiger partial charge >= 0.3 is 5.97 Å². The molecule has 1 aromatic rings. The van der Waals surface area contributed by atoms with Crippen LogP contribution < -0.4 is 0 Å². The first-order chi connectivity index (χ1) is 9.04. The molecule has 0 atom stereocenters. The Bertz CT molecular complexity index is 422. The lowest BCUT2D eigenvalue weighted by Crippen LogP contribution is -2.37. The second-order valence-corrected chi connectivity index (χ2v) is 6.99. The third-order valence-electron chi connectivity index (χ3n) is 3.26. The molecule has 0 radical (unpaired) electrons. The maximum Gasteiger partial charge on any atom is 0.329 e. The lowest BCUT2D eigenvalue weighted by molar-refractivity contribution is -0.145. The van der Waals surface area contributed by atoms with E-state index in [-0.39, 0.29) is 12.7 Å². The van der Waals surface area contributed by atoms with Crippen LogP contribution in [0.5, 0.6) is 0 Å². The smallest absolute Gasteiger partial charge is 0.329 e. The summed E-state index contributed by atoms with van der Waals surface area (Å²) in [6.45, 7) is 4.85. The lowest BCUT2D eigenvalue weighted by atomic mass is 10.1. The second-order valence-electron chi connectivity index (χ2n) is 4.80. The molecule has 0 unspecified atom stereocenters. The van der Waals surface area contributed by atoms with Gasteiger partial charge in [-0.05, 0) is 41.8 Å². The summed E-state index contributed by atoms with van der Waals surface area (Å²) in [7, 11) is 0. The minimum absolute atomic E-state index is 0.101. The molecule has 4 nitrogen and oxygen atoms in total. The second kappa shape index (κ2) is 6.83. The van der Waals surface area contributed by atoms with Gasteiger partial charge in [-0.2, -0.15) is 0 Å². The number of aryl methyl sites for hydroxylation is 1. The number of nitrogens with zero attached hydrogens (tertiary/aromatic N) is 1. The van der Waals surface area contributed by atoms with Crippen LogP contribution in [-0.4, -0.2) is 41.8 Å². The van der Waals surface area contributed by atoms with Crippen molar-refractivity contribution in [1.82, 2.24) is 4.90 Å². The van der Waals surface area contributed by atoms with Crippen LogP contribution in [0, 0.1) is 6.92 Å². The Morgan fingerprint density at radius 1 is 1.58 bits per heavy atom. The van der Waals surface area contributed by atoms with Crippen molar-refractivity contribution in [2.24, 2.45) is 0 Å². The fourth-order valence-corrected chi connectivity index (χ4v) is 3.88. The van der Waals surface area contributed by atoms with Crippen LogP contribution in [0.4, 0.5) is 0 Å². The number of hydrogen-bond acceptors (Lipinski definition) is 4. The number of piperidine rings is 1. The molecule has 2 heterocycles. The van der Waals surface area contributed by atoms with E-state index in [0.29, 0.717) is 0 Å². The number of thiophene rings is 1. The van der Waals surface area contributed by atoms with Gasteiger partial charge in [0, 0.05) is 33.9 Å². The zero-order valence-electron chi connectivity index (χ0n) is 10.9. The van der Waals surface area contributed by atoms with Crippen molar-refractivity contribution in [2.75, 3.05) is 19.7 Å². The van der Waals surface area contributed by atoms with E-state index >= 15 is 0 Å². The average molecular weight is 348 g/mol. The van der Waals surface area contributed by atoms with Crippen molar-refractivity contribution < 1.29 is 14.6 Å². The highest BCUT2D eigenvalue weighted by atomic mass is 79.9. The molecule has 0 aliphatic carbocycles. The van der Waals surface area contributed by atoms with Crippen molar-refractivity contribution >= 4 is 33.2 Å². The maximum atomic E-state index is 10.4. The fourth-order valence-electron chi connectivity index (χ4n) is 2.24. The molecule has 1 saturated heterocycles. The molecule has 0 saturated carbocycles. The predicted molar refractivity (Wildman–Crippen MR) is 78.6 cm³/mol. The van der Waals surface area contributed by atoms with Gasteiger partial charge in [0.2, 0.25) is 0 Å². The van der Waals surface area contributed by atoms with Gasteiger partial charge in [-0.25, -0.2) is 4.79 Å². The van der Waals surface area contributed by atoms with Crippen molar-refractivity contribution in [3.05, 3.63) is 20.3 Å². The van der Waals surface area contributed by atoms with Gasteiger partial charge in [-0.1, -0.05) is 0 Å². The van der Waals surface area contributed by atoms with Crippen molar-refractivity contribution in [3.63, 3.8) is 0 Å². The topological polar surface area (TPSA) is 49.8 Å². The van der Waals surface area contributed by atoms with Crippen LogP contribution in [0.2, 0.25) is 0 Å². The predicted octanol–water partition coefficient (Wildman–Crippen LogP) is 2.88. The number of carboxylic acid groups (broad SMARTS) is 1. The zero-order valence-corrected chi connectivity index (χ0v) is 13.3. The van der Waals surface area contributed by atoms with E-state index in [9.17, 15) is 4.79 Å². The maximum absolute atomic E-state index is 10.4. The van der Waals surface area contributed by atoms with Gasteiger partial charge in [0.05, 0.1) is 6.10 Å². The highest BCUT2D eigenvalue weighted by Crippen LogP contribution is 2.28. The molecule has 6 heteroatoms. The molecule has 2 rings (SSSR count). The molecular weight excluding hydrogens is 330 g/mol. The molecule has 0 bridgehead atoms. The number of carbonyl (C=O) groups is 1. The number of likely N-dealkylation sites (tertiary alicyclic amines) is 1. The number of halogens is 1. The Balaban J connectivity index is 1.75. The standard InChI is InChI=1S/C13H18BrNO3S/c1-9-12(14)6-11(19-9)7-15-4-2-10(3-5-15)18-8-13(16)17/h6,10H,2-5,7-8H2,1H3,(H,16,17). The molecule has 1 aliphatic heterocycles. The molecule has 106 valence electrons. The van der Waals surface area contributed by atoms with E-state index in [1.165, 1.54) is 14.2 Å². The molecule has 19 heavy (non-hydrogen) atoms. The van der Waals surface area contributed by atoms with Crippen molar-refractivity contribution in [1.29, 1.82) is 0 Å². The summed E-state index contributed by atoms with van der Waals surface area (Å²) < 4.78 is 6.52. The fraction of sp³-hybridized carbons (Fsp3) is 0.615. The van der Waals surface area contributed by atoms with E-state index in [1.807, 2.05) is 11.3 Å². The van der Waals surface area contributed by atoms with Gasteiger partial charge in [0.15, 0.2) is 0 Å². The number of hydrogen-bond donors (Lipinski definition) is 1. The Labute approximate surface area is 125 Å². The normalized spacial score (nSPS) is 17.8. The highest BCUT2D eigenvalue weighted by Gasteiger charge is 2.21. The summed E-state index contributed by atoms with van der Waals surface area (Å²) in [6.07, 6.45) is 1.93. The Hall–Kier alpha value is -0.430. The van der Waals surface area contributed by atoms with Crippen LogP contribution in [0.15, 0.2) is 10.5 Å². The highest BCUT2D eigenvalue weighted by molar-refractivity contribution is 9.10. The Kier molecular flexibility index (Phi) is 5.38. The van der Waals surface area contributed by atoms with Gasteiger partial charge in [-0.15, -0.1) is 11.3 Å². The van der Waals surface area contributed by atoms with Gasteiger partial charge in [0.25, 0.3) is 0 Å². The first kappa shape index (κ1) is 15.0. The third-order valence-corrected chi connectivity index (χ3v) is 5.39. The van der Waals surface area contributed by atoms with Gasteiger partial charge in [0.1, 0.15) is 6.61 Å². The summed E-state index contributed by atoms with van der Waals surface area (Å²) in [5.74, 6) is -0.888. The minimum Gasteiger partial charge on any atom is -0.480 e. The Morgan fingerprint density at radius 2 is 2.26 bits per heavy atom. The van der Waals surface area contributed by atoms with E-state index in [1.54, 1.807) is 0 Å². The molecular formula is C13H18BrNO3S. The summed E-state index contributed by atoms with van der Waals surface area (Å²) >= 11 is 5.37. The molecule has 0 amide bonds. The summed E-state index contributed by atoms with van der Waals surface area (Å²) in [6, 6.07) is 2.19. The van der Waals surface area contributed by atoms with Crippen LogP contribution in [0.1, 0.15) is 22.6 Å². The molecule has 1 aromatic heterocycles. The summed E-state index contributed by atoms with van der Waals surface area (Å²) in [5, 5.41) is 8.58. The third kappa shape index (κ3) is 4.56. The van der Waals surface area contributed by atoms with Crippen LogP contribution in [0.3, 0.4) is 0 Å². The largest absolute Gasteiger partial charge is 0.480 e. The SMILES string of the molecule is Cc1sc(CN2CCC(OCC(=O)O)CC2)cc1Br. The zero-order chi connectivity index (χ0) is 13.8. The summed E-state index contributed by atoms with van der Waals surface area (Å²) in [4.78, 5) is 15.5. The first-order valence-electron chi connectivity index (χ1n) is 6.35. The van der Waals surface area contributed by atoms with Crippen LogP contribution in [0.25, 0.3) is 0 Å². The Morgan fingerprint density at radius 3 is 2.79 bits per heavy atom. The summed E-state index contributed by atoms with van der Waals surface area (Å²) in [5.41, 5.74) is 0. The van der Waals surface area contributed by atoms with Crippen LogP contribution >= 0.6 is 27.3 Å². The number of aliphatic carboxylic acids is 1. The molecule has 1 fully saturated rings.